The first-order chi connectivity index (χ1) is 12.7. The van der Waals surface area contributed by atoms with Gasteiger partial charge in [0.15, 0.2) is 0 Å². The van der Waals surface area contributed by atoms with Crippen LogP contribution < -0.4 is 0 Å². The lowest BCUT2D eigenvalue weighted by atomic mass is 10.0. The number of rotatable bonds is 1. The van der Waals surface area contributed by atoms with Gasteiger partial charge in [-0.15, -0.1) is 0 Å². The number of pyridine rings is 1. The van der Waals surface area contributed by atoms with Crippen molar-refractivity contribution in [3.63, 3.8) is 0 Å². The number of halogens is 1. The summed E-state index contributed by atoms with van der Waals surface area (Å²) in [5.41, 5.74) is 7.32. The van der Waals surface area contributed by atoms with E-state index in [-0.39, 0.29) is 0 Å². The Kier molecular flexibility index (Phi) is 3.44. The molecule has 3 nitrogen and oxygen atoms in total. The molecule has 0 saturated carbocycles. The molecular formula is C22H16ClN3. The summed E-state index contributed by atoms with van der Waals surface area (Å²) in [5.74, 6) is 0. The number of aromatic nitrogens is 2. The highest BCUT2D eigenvalue weighted by Gasteiger charge is 2.19. The smallest absolute Gasteiger partial charge is 0.0891 e. The highest BCUT2D eigenvalue weighted by Crippen LogP contribution is 2.30. The first-order valence-corrected chi connectivity index (χ1v) is 8.96. The summed E-state index contributed by atoms with van der Waals surface area (Å²) in [7, 11) is 0. The van der Waals surface area contributed by atoms with Crippen molar-refractivity contribution in [2.45, 2.75) is 13.5 Å². The van der Waals surface area contributed by atoms with Gasteiger partial charge in [-0.2, -0.15) is 0 Å². The van der Waals surface area contributed by atoms with Crippen LogP contribution in [-0.2, 0) is 6.54 Å². The van der Waals surface area contributed by atoms with Crippen LogP contribution in [0.3, 0.4) is 0 Å². The predicted octanol–water partition coefficient (Wildman–Crippen LogP) is 5.34. The van der Waals surface area contributed by atoms with Gasteiger partial charge in [-0.05, 0) is 49.4 Å². The molecule has 1 aliphatic rings. The molecule has 5 rings (SSSR count). The number of fused-ring (bicyclic) bond motifs is 4. The molecule has 4 aromatic rings. The summed E-state index contributed by atoms with van der Waals surface area (Å²) in [6.07, 6.45) is 2.07. The molecule has 2 aromatic heterocycles. The Hall–Kier alpha value is -2.91. The van der Waals surface area contributed by atoms with Gasteiger partial charge in [0.1, 0.15) is 0 Å². The number of aliphatic imine (C=N–C) groups is 1. The fourth-order valence-electron chi connectivity index (χ4n) is 3.57. The van der Waals surface area contributed by atoms with E-state index in [4.69, 9.17) is 16.6 Å². The van der Waals surface area contributed by atoms with E-state index in [1.165, 1.54) is 0 Å². The predicted molar refractivity (Wildman–Crippen MR) is 107 cm³/mol. The molecule has 0 atom stereocenters. The van der Waals surface area contributed by atoms with Gasteiger partial charge in [0.05, 0.1) is 29.2 Å². The minimum atomic E-state index is 0.566. The van der Waals surface area contributed by atoms with Crippen molar-refractivity contribution in [2.24, 2.45) is 4.99 Å². The number of benzene rings is 2. The van der Waals surface area contributed by atoms with E-state index in [1.54, 1.807) is 0 Å². The van der Waals surface area contributed by atoms with Gasteiger partial charge >= 0.3 is 0 Å². The van der Waals surface area contributed by atoms with E-state index < -0.39 is 0 Å². The van der Waals surface area contributed by atoms with Gasteiger partial charge in [0.25, 0.3) is 0 Å². The van der Waals surface area contributed by atoms with Crippen molar-refractivity contribution in [1.82, 2.24) is 9.55 Å². The van der Waals surface area contributed by atoms with Crippen molar-refractivity contribution < 1.29 is 0 Å². The summed E-state index contributed by atoms with van der Waals surface area (Å²) in [4.78, 5) is 9.52. The van der Waals surface area contributed by atoms with Gasteiger partial charge in [-0.25, -0.2) is 0 Å². The van der Waals surface area contributed by atoms with E-state index in [1.807, 2.05) is 31.2 Å². The van der Waals surface area contributed by atoms with Gasteiger partial charge in [-0.1, -0.05) is 29.8 Å². The second-order valence-electron chi connectivity index (χ2n) is 6.53. The largest absolute Gasteiger partial charge is 0.315 e. The monoisotopic (exact) mass is 357 g/mol. The SMILES string of the molecule is Cc1ccc2cc(C3=NCc4c(Cl)cccc4-n4cccc43)ccc2n1. The Balaban J connectivity index is 1.71. The van der Waals surface area contributed by atoms with E-state index in [0.29, 0.717) is 6.54 Å². The standard InChI is InChI=1S/C22H16ClN3/c1-14-7-8-15-12-16(9-10-19(15)25-14)22-21-6-3-11-26(21)20-5-2-4-18(23)17(20)13-24-22/h2-12H,13H2,1H3. The molecule has 0 unspecified atom stereocenters. The van der Waals surface area contributed by atoms with Crippen LogP contribution in [0.25, 0.3) is 16.6 Å². The van der Waals surface area contributed by atoms with Gasteiger partial charge < -0.3 is 4.57 Å². The zero-order valence-corrected chi connectivity index (χ0v) is 15.0. The maximum Gasteiger partial charge on any atom is 0.0891 e. The lowest BCUT2D eigenvalue weighted by Gasteiger charge is -2.12. The Morgan fingerprint density at radius 3 is 2.85 bits per heavy atom. The van der Waals surface area contributed by atoms with Crippen LogP contribution in [0.5, 0.6) is 0 Å². The van der Waals surface area contributed by atoms with E-state index >= 15 is 0 Å². The fraction of sp³-hybridized carbons (Fsp3) is 0.0909. The van der Waals surface area contributed by atoms with E-state index in [2.05, 4.69) is 52.1 Å². The number of hydrogen-bond donors (Lipinski definition) is 0. The summed E-state index contributed by atoms with van der Waals surface area (Å²) < 4.78 is 2.17. The van der Waals surface area contributed by atoms with Gasteiger partial charge in [0.2, 0.25) is 0 Å². The third kappa shape index (κ3) is 2.36. The molecular weight excluding hydrogens is 342 g/mol. The molecule has 26 heavy (non-hydrogen) atoms. The molecule has 0 N–H and O–H groups in total. The summed E-state index contributed by atoms with van der Waals surface area (Å²) in [6, 6.07) is 20.6. The Bertz CT molecular complexity index is 1190. The first kappa shape index (κ1) is 15.4. The zero-order valence-electron chi connectivity index (χ0n) is 14.3. The summed E-state index contributed by atoms with van der Waals surface area (Å²) in [6.45, 7) is 2.58. The average molecular weight is 358 g/mol. The highest BCUT2D eigenvalue weighted by molar-refractivity contribution is 6.31. The Labute approximate surface area is 156 Å². The van der Waals surface area contributed by atoms with Crippen molar-refractivity contribution in [3.8, 4) is 5.69 Å². The van der Waals surface area contributed by atoms with Gasteiger partial charge in [-0.3, -0.25) is 9.98 Å². The maximum absolute atomic E-state index is 6.44. The highest BCUT2D eigenvalue weighted by atomic mass is 35.5. The Morgan fingerprint density at radius 1 is 1.00 bits per heavy atom. The normalized spacial score (nSPS) is 13.1. The molecule has 3 heterocycles. The zero-order chi connectivity index (χ0) is 17.7. The molecule has 1 aliphatic heterocycles. The van der Waals surface area contributed by atoms with Crippen molar-refractivity contribution >= 4 is 28.2 Å². The van der Waals surface area contributed by atoms with E-state index in [0.717, 1.165) is 49.8 Å². The second-order valence-corrected chi connectivity index (χ2v) is 6.93. The molecule has 0 spiro atoms. The molecule has 0 radical (unpaired) electrons. The van der Waals surface area contributed by atoms with Crippen LogP contribution in [0, 0.1) is 6.92 Å². The topological polar surface area (TPSA) is 30.2 Å². The lowest BCUT2D eigenvalue weighted by Crippen LogP contribution is -2.08. The third-order valence-electron chi connectivity index (χ3n) is 4.84. The van der Waals surface area contributed by atoms with E-state index in [9.17, 15) is 0 Å². The number of aryl methyl sites for hydroxylation is 1. The summed E-state index contributed by atoms with van der Waals surface area (Å²) >= 11 is 6.44. The molecule has 4 heteroatoms. The average Bonchev–Trinajstić information content (AvgIpc) is 3.06. The second kappa shape index (κ2) is 5.82. The first-order valence-electron chi connectivity index (χ1n) is 8.58. The van der Waals surface area contributed by atoms with Crippen molar-refractivity contribution in [3.05, 3.63) is 94.4 Å². The minimum absolute atomic E-state index is 0.566. The van der Waals surface area contributed by atoms with Crippen LogP contribution in [-0.4, -0.2) is 15.3 Å². The third-order valence-corrected chi connectivity index (χ3v) is 5.20. The number of nitrogens with zero attached hydrogens (tertiary/aromatic N) is 3. The van der Waals surface area contributed by atoms with Crippen LogP contribution in [0.4, 0.5) is 0 Å². The van der Waals surface area contributed by atoms with Crippen molar-refractivity contribution in [2.75, 3.05) is 0 Å². The molecule has 0 fully saturated rings. The van der Waals surface area contributed by atoms with Crippen LogP contribution in [0.15, 0.2) is 71.9 Å². The van der Waals surface area contributed by atoms with Crippen LogP contribution in [0.1, 0.15) is 22.5 Å². The minimum Gasteiger partial charge on any atom is -0.315 e. The molecule has 126 valence electrons. The quantitative estimate of drug-likeness (QED) is 0.452. The fourth-order valence-corrected chi connectivity index (χ4v) is 3.80. The molecule has 0 saturated heterocycles. The number of hydrogen-bond acceptors (Lipinski definition) is 2. The maximum atomic E-state index is 6.44. The van der Waals surface area contributed by atoms with Crippen molar-refractivity contribution in [1.29, 1.82) is 0 Å². The molecule has 2 aromatic carbocycles. The van der Waals surface area contributed by atoms with Crippen LogP contribution in [0.2, 0.25) is 5.02 Å². The molecule has 0 aliphatic carbocycles. The van der Waals surface area contributed by atoms with Gasteiger partial charge in [0, 0.05) is 33.4 Å². The lowest BCUT2D eigenvalue weighted by molar-refractivity contribution is 1.02. The molecule has 0 bridgehead atoms. The Morgan fingerprint density at radius 2 is 1.92 bits per heavy atom. The summed E-state index contributed by atoms with van der Waals surface area (Å²) in [5, 5.41) is 1.87. The van der Waals surface area contributed by atoms with Crippen LogP contribution >= 0.6 is 11.6 Å². The molecule has 0 amide bonds.